The van der Waals surface area contributed by atoms with Gasteiger partial charge in [0.15, 0.2) is 0 Å². The summed E-state index contributed by atoms with van der Waals surface area (Å²) in [5.41, 5.74) is 1.77. The van der Waals surface area contributed by atoms with Crippen molar-refractivity contribution in [3.8, 4) is 11.6 Å². The molecule has 0 spiro atoms. The van der Waals surface area contributed by atoms with Gasteiger partial charge in [-0.3, -0.25) is 0 Å². The average molecular weight is 283 g/mol. The fourth-order valence-electron chi connectivity index (χ4n) is 1.55. The van der Waals surface area contributed by atoms with Gasteiger partial charge in [-0.25, -0.2) is 9.97 Å². The van der Waals surface area contributed by atoms with Gasteiger partial charge < -0.3 is 4.74 Å². The maximum Gasteiger partial charge on any atom is 0.227 e. The lowest BCUT2D eigenvalue weighted by Crippen LogP contribution is -1.97. The van der Waals surface area contributed by atoms with E-state index in [2.05, 4.69) is 9.97 Å². The predicted molar refractivity (Wildman–Crippen MR) is 72.7 cm³/mol. The van der Waals surface area contributed by atoms with Crippen LogP contribution < -0.4 is 4.74 Å². The van der Waals surface area contributed by atoms with Gasteiger partial charge in [0.2, 0.25) is 5.88 Å². The second-order valence-corrected chi connectivity index (χ2v) is 4.61. The third-order valence-corrected chi connectivity index (χ3v) is 3.12. The van der Waals surface area contributed by atoms with E-state index in [1.54, 1.807) is 6.07 Å². The molecule has 0 aliphatic rings. The second kappa shape index (κ2) is 5.55. The van der Waals surface area contributed by atoms with E-state index in [9.17, 15) is 0 Å². The van der Waals surface area contributed by atoms with Crippen LogP contribution in [0.1, 0.15) is 18.1 Å². The highest BCUT2D eigenvalue weighted by Crippen LogP contribution is 2.30. The van der Waals surface area contributed by atoms with Crippen LogP contribution in [-0.2, 0) is 6.42 Å². The van der Waals surface area contributed by atoms with E-state index < -0.39 is 0 Å². The molecule has 94 valence electrons. The number of rotatable bonds is 3. The highest BCUT2D eigenvalue weighted by atomic mass is 35.5. The zero-order chi connectivity index (χ0) is 13.1. The predicted octanol–water partition coefficient (Wildman–Crippen LogP) is 4.45. The first-order chi connectivity index (χ1) is 8.61. The van der Waals surface area contributed by atoms with Crippen LogP contribution in [0.2, 0.25) is 10.2 Å². The molecule has 18 heavy (non-hydrogen) atoms. The summed E-state index contributed by atoms with van der Waals surface area (Å²) in [6, 6.07) is 5.47. The maximum atomic E-state index is 6.01. The summed E-state index contributed by atoms with van der Waals surface area (Å²) < 4.78 is 5.77. The third kappa shape index (κ3) is 2.74. The molecule has 0 unspecified atom stereocenters. The summed E-state index contributed by atoms with van der Waals surface area (Å²) in [6.07, 6.45) is 2.09. The van der Waals surface area contributed by atoms with Crippen molar-refractivity contribution in [2.24, 2.45) is 0 Å². The van der Waals surface area contributed by atoms with Crippen LogP contribution >= 0.6 is 23.2 Å². The van der Waals surface area contributed by atoms with Crippen molar-refractivity contribution in [3.05, 3.63) is 45.8 Å². The first-order valence-electron chi connectivity index (χ1n) is 5.55. The minimum atomic E-state index is 0.419. The van der Waals surface area contributed by atoms with Gasteiger partial charge in [-0.15, -0.1) is 0 Å². The summed E-state index contributed by atoms with van der Waals surface area (Å²) in [5, 5.41) is 1.04. The molecular weight excluding hydrogens is 271 g/mol. The van der Waals surface area contributed by atoms with Crippen LogP contribution in [0.5, 0.6) is 11.6 Å². The SMILES string of the molecule is CCc1c(Cl)ncnc1Oc1cc(Cl)ccc1C. The van der Waals surface area contributed by atoms with Crippen molar-refractivity contribution < 1.29 is 4.74 Å². The van der Waals surface area contributed by atoms with Crippen molar-refractivity contribution in [2.75, 3.05) is 0 Å². The van der Waals surface area contributed by atoms with Gasteiger partial charge >= 0.3 is 0 Å². The van der Waals surface area contributed by atoms with Crippen LogP contribution in [0.25, 0.3) is 0 Å². The minimum absolute atomic E-state index is 0.419. The molecule has 2 aromatic rings. The van der Waals surface area contributed by atoms with E-state index in [1.807, 2.05) is 26.0 Å². The molecule has 0 fully saturated rings. The quantitative estimate of drug-likeness (QED) is 0.781. The van der Waals surface area contributed by atoms with Gasteiger partial charge in [-0.2, -0.15) is 0 Å². The number of benzene rings is 1. The summed E-state index contributed by atoms with van der Waals surface area (Å²) in [5.74, 6) is 1.15. The summed E-state index contributed by atoms with van der Waals surface area (Å²) >= 11 is 12.0. The Morgan fingerprint density at radius 3 is 2.72 bits per heavy atom. The summed E-state index contributed by atoms with van der Waals surface area (Å²) in [6.45, 7) is 3.92. The lowest BCUT2D eigenvalue weighted by molar-refractivity contribution is 0.452. The van der Waals surface area contributed by atoms with Crippen molar-refractivity contribution in [2.45, 2.75) is 20.3 Å². The number of aromatic nitrogens is 2. The largest absolute Gasteiger partial charge is 0.438 e. The summed E-state index contributed by atoms with van der Waals surface area (Å²) in [4.78, 5) is 8.06. The van der Waals surface area contributed by atoms with Gasteiger partial charge in [-0.1, -0.05) is 36.2 Å². The molecule has 0 amide bonds. The van der Waals surface area contributed by atoms with Crippen molar-refractivity contribution in [1.29, 1.82) is 0 Å². The van der Waals surface area contributed by atoms with Crippen LogP contribution in [0.3, 0.4) is 0 Å². The minimum Gasteiger partial charge on any atom is -0.438 e. The average Bonchev–Trinajstić information content (AvgIpc) is 2.34. The van der Waals surface area contributed by atoms with Gasteiger partial charge in [0, 0.05) is 5.02 Å². The number of halogens is 2. The number of hydrogen-bond acceptors (Lipinski definition) is 3. The molecule has 0 atom stereocenters. The highest BCUT2D eigenvalue weighted by Gasteiger charge is 2.11. The van der Waals surface area contributed by atoms with Gasteiger partial charge in [0.05, 0.1) is 5.56 Å². The molecule has 2 rings (SSSR count). The van der Waals surface area contributed by atoms with E-state index >= 15 is 0 Å². The number of nitrogens with zero attached hydrogens (tertiary/aromatic N) is 2. The molecule has 3 nitrogen and oxygen atoms in total. The molecule has 0 N–H and O–H groups in total. The highest BCUT2D eigenvalue weighted by molar-refractivity contribution is 6.30. The van der Waals surface area contributed by atoms with Crippen LogP contribution in [0.4, 0.5) is 0 Å². The normalized spacial score (nSPS) is 10.4. The fraction of sp³-hybridized carbons (Fsp3) is 0.231. The molecule has 5 heteroatoms. The lowest BCUT2D eigenvalue weighted by atomic mass is 10.2. The fourth-order valence-corrected chi connectivity index (χ4v) is 1.97. The Hall–Kier alpha value is -1.32. The Kier molecular flexibility index (Phi) is 4.04. The van der Waals surface area contributed by atoms with Gasteiger partial charge in [-0.05, 0) is 31.0 Å². The Balaban J connectivity index is 2.40. The van der Waals surface area contributed by atoms with Crippen molar-refractivity contribution >= 4 is 23.2 Å². The molecule has 0 radical (unpaired) electrons. The standard InChI is InChI=1S/C13H12Cl2N2O/c1-3-10-12(15)16-7-17-13(10)18-11-6-9(14)5-4-8(11)2/h4-7H,3H2,1-2H3. The number of hydrogen-bond donors (Lipinski definition) is 0. The Morgan fingerprint density at radius 1 is 1.22 bits per heavy atom. The Bertz CT molecular complexity index is 573. The first kappa shape index (κ1) is 13.1. The molecule has 1 heterocycles. The molecule has 1 aromatic heterocycles. The van der Waals surface area contributed by atoms with Crippen LogP contribution in [0, 0.1) is 6.92 Å². The number of aryl methyl sites for hydroxylation is 1. The zero-order valence-electron chi connectivity index (χ0n) is 10.1. The van der Waals surface area contributed by atoms with Crippen LogP contribution in [-0.4, -0.2) is 9.97 Å². The van der Waals surface area contributed by atoms with E-state index in [0.29, 0.717) is 28.2 Å². The van der Waals surface area contributed by atoms with E-state index in [1.165, 1.54) is 6.33 Å². The van der Waals surface area contributed by atoms with E-state index in [4.69, 9.17) is 27.9 Å². The molecule has 1 aromatic carbocycles. The third-order valence-electron chi connectivity index (χ3n) is 2.56. The monoisotopic (exact) mass is 282 g/mol. The molecule has 0 bridgehead atoms. The lowest BCUT2D eigenvalue weighted by Gasteiger charge is -2.11. The Morgan fingerprint density at radius 2 is 2.00 bits per heavy atom. The van der Waals surface area contributed by atoms with Gasteiger partial charge in [0.1, 0.15) is 17.2 Å². The zero-order valence-corrected chi connectivity index (χ0v) is 11.6. The van der Waals surface area contributed by atoms with Crippen LogP contribution in [0.15, 0.2) is 24.5 Å². The van der Waals surface area contributed by atoms with Crippen molar-refractivity contribution in [1.82, 2.24) is 9.97 Å². The molecular formula is C13H12Cl2N2O. The number of ether oxygens (including phenoxy) is 1. The van der Waals surface area contributed by atoms with Gasteiger partial charge in [0.25, 0.3) is 0 Å². The van der Waals surface area contributed by atoms with Crippen molar-refractivity contribution in [3.63, 3.8) is 0 Å². The molecule has 0 aliphatic heterocycles. The first-order valence-corrected chi connectivity index (χ1v) is 6.30. The maximum absolute atomic E-state index is 6.01. The topological polar surface area (TPSA) is 35.0 Å². The summed E-state index contributed by atoms with van der Waals surface area (Å²) in [7, 11) is 0. The molecule has 0 saturated heterocycles. The Labute approximate surface area is 116 Å². The second-order valence-electron chi connectivity index (χ2n) is 3.81. The smallest absolute Gasteiger partial charge is 0.227 e. The van der Waals surface area contributed by atoms with E-state index in [0.717, 1.165) is 11.1 Å². The van der Waals surface area contributed by atoms with E-state index in [-0.39, 0.29) is 0 Å². The molecule has 0 saturated carbocycles. The molecule has 0 aliphatic carbocycles.